The van der Waals surface area contributed by atoms with Crippen molar-refractivity contribution >= 4 is 27.7 Å². The van der Waals surface area contributed by atoms with Crippen LogP contribution in [0, 0.1) is 5.92 Å². The van der Waals surface area contributed by atoms with Gasteiger partial charge in [0.15, 0.2) is 0 Å². The third kappa shape index (κ3) is 4.62. The highest BCUT2D eigenvalue weighted by molar-refractivity contribution is 7.99. The SMILES string of the molecule is CS(=O)(=O)NC1CCCC1CNC(=O)C1CSCN1. The van der Waals surface area contributed by atoms with Crippen LogP contribution in [-0.4, -0.2) is 50.8 Å². The first kappa shape index (κ1) is 15.1. The standard InChI is InChI=1S/C11H21N3O3S2/c1-19(16,17)14-9-4-2-3-8(9)5-12-11(15)10-6-18-7-13-10/h8-10,13-14H,2-7H2,1H3,(H,12,15). The fourth-order valence-electron chi connectivity index (χ4n) is 2.63. The summed E-state index contributed by atoms with van der Waals surface area (Å²) in [5.41, 5.74) is 0. The first-order valence-electron chi connectivity index (χ1n) is 6.52. The fraction of sp³-hybridized carbons (Fsp3) is 0.909. The number of carbonyl (C=O) groups excluding carboxylic acids is 1. The number of hydrogen-bond donors (Lipinski definition) is 3. The van der Waals surface area contributed by atoms with E-state index in [9.17, 15) is 13.2 Å². The highest BCUT2D eigenvalue weighted by Gasteiger charge is 2.30. The molecule has 1 amide bonds. The lowest BCUT2D eigenvalue weighted by atomic mass is 10.0. The zero-order valence-corrected chi connectivity index (χ0v) is 12.6. The van der Waals surface area contributed by atoms with Crippen molar-refractivity contribution in [3.8, 4) is 0 Å². The first-order valence-corrected chi connectivity index (χ1v) is 9.56. The summed E-state index contributed by atoms with van der Waals surface area (Å²) < 4.78 is 25.2. The van der Waals surface area contributed by atoms with E-state index in [-0.39, 0.29) is 23.9 Å². The molecule has 0 spiro atoms. The van der Waals surface area contributed by atoms with Gasteiger partial charge in [-0.15, -0.1) is 11.8 Å². The normalized spacial score (nSPS) is 31.5. The van der Waals surface area contributed by atoms with Gasteiger partial charge in [-0.05, 0) is 18.8 Å². The van der Waals surface area contributed by atoms with Crippen LogP contribution >= 0.6 is 11.8 Å². The molecule has 1 aliphatic carbocycles. The zero-order valence-electron chi connectivity index (χ0n) is 11.0. The fourth-order valence-corrected chi connectivity index (χ4v) is 4.43. The number of thioether (sulfide) groups is 1. The summed E-state index contributed by atoms with van der Waals surface area (Å²) in [6.07, 6.45) is 4.00. The average molecular weight is 307 g/mol. The minimum atomic E-state index is -3.17. The highest BCUT2D eigenvalue weighted by atomic mass is 32.2. The second-order valence-corrected chi connectivity index (χ2v) is 8.01. The molecule has 3 atom stereocenters. The Kier molecular flexibility index (Phi) is 5.10. The van der Waals surface area contributed by atoms with Gasteiger partial charge < -0.3 is 5.32 Å². The second-order valence-electron chi connectivity index (χ2n) is 5.20. The van der Waals surface area contributed by atoms with Crippen LogP contribution in [0.2, 0.25) is 0 Å². The number of amides is 1. The maximum atomic E-state index is 11.9. The van der Waals surface area contributed by atoms with E-state index in [2.05, 4.69) is 15.4 Å². The van der Waals surface area contributed by atoms with Crippen molar-refractivity contribution in [3.05, 3.63) is 0 Å². The Morgan fingerprint density at radius 3 is 2.84 bits per heavy atom. The van der Waals surface area contributed by atoms with Crippen LogP contribution in [0.3, 0.4) is 0 Å². The van der Waals surface area contributed by atoms with Crippen LogP contribution in [0.1, 0.15) is 19.3 Å². The summed E-state index contributed by atoms with van der Waals surface area (Å²) in [4.78, 5) is 11.9. The van der Waals surface area contributed by atoms with Crippen LogP contribution in [-0.2, 0) is 14.8 Å². The van der Waals surface area contributed by atoms with E-state index >= 15 is 0 Å². The summed E-state index contributed by atoms with van der Waals surface area (Å²) in [7, 11) is -3.17. The Balaban J connectivity index is 1.79. The van der Waals surface area contributed by atoms with E-state index in [4.69, 9.17) is 0 Å². The van der Waals surface area contributed by atoms with Crippen LogP contribution in [0.15, 0.2) is 0 Å². The van der Waals surface area contributed by atoms with Gasteiger partial charge in [-0.3, -0.25) is 10.1 Å². The molecule has 0 aromatic rings. The molecule has 2 fully saturated rings. The summed E-state index contributed by atoms with van der Waals surface area (Å²) in [5.74, 6) is 1.85. The Hall–Kier alpha value is -0.310. The van der Waals surface area contributed by atoms with Crippen molar-refractivity contribution in [2.75, 3.05) is 24.4 Å². The van der Waals surface area contributed by atoms with E-state index in [1.54, 1.807) is 11.8 Å². The van der Waals surface area contributed by atoms with E-state index in [1.807, 2.05) is 0 Å². The molecule has 8 heteroatoms. The molecule has 1 saturated carbocycles. The van der Waals surface area contributed by atoms with Crippen molar-refractivity contribution < 1.29 is 13.2 Å². The van der Waals surface area contributed by atoms with Gasteiger partial charge in [0.1, 0.15) is 0 Å². The topological polar surface area (TPSA) is 87.3 Å². The van der Waals surface area contributed by atoms with Crippen molar-refractivity contribution in [1.29, 1.82) is 0 Å². The van der Waals surface area contributed by atoms with Gasteiger partial charge in [-0.2, -0.15) is 0 Å². The quantitative estimate of drug-likeness (QED) is 0.636. The molecule has 110 valence electrons. The van der Waals surface area contributed by atoms with Crippen LogP contribution < -0.4 is 15.4 Å². The van der Waals surface area contributed by atoms with Gasteiger partial charge in [-0.1, -0.05) is 6.42 Å². The number of rotatable bonds is 5. The van der Waals surface area contributed by atoms with Crippen molar-refractivity contribution in [2.45, 2.75) is 31.3 Å². The lowest BCUT2D eigenvalue weighted by Gasteiger charge is -2.21. The molecule has 3 unspecified atom stereocenters. The molecule has 1 saturated heterocycles. The summed E-state index contributed by atoms with van der Waals surface area (Å²) >= 11 is 1.71. The second kappa shape index (κ2) is 6.43. The maximum Gasteiger partial charge on any atom is 0.238 e. The lowest BCUT2D eigenvalue weighted by Crippen LogP contribution is -2.46. The Labute approximate surface area is 118 Å². The largest absolute Gasteiger partial charge is 0.354 e. The molecule has 19 heavy (non-hydrogen) atoms. The Morgan fingerprint density at radius 1 is 1.42 bits per heavy atom. The Morgan fingerprint density at radius 2 is 2.21 bits per heavy atom. The zero-order chi connectivity index (χ0) is 13.9. The smallest absolute Gasteiger partial charge is 0.238 e. The predicted octanol–water partition coefficient (Wildman–Crippen LogP) is -0.517. The molecule has 1 heterocycles. The number of nitrogens with one attached hydrogen (secondary N) is 3. The van der Waals surface area contributed by atoms with Gasteiger partial charge >= 0.3 is 0 Å². The molecule has 2 aliphatic rings. The highest BCUT2D eigenvalue weighted by Crippen LogP contribution is 2.25. The van der Waals surface area contributed by atoms with Crippen LogP contribution in [0.5, 0.6) is 0 Å². The van der Waals surface area contributed by atoms with Gasteiger partial charge in [0.05, 0.1) is 12.3 Å². The molecule has 0 aromatic carbocycles. The van der Waals surface area contributed by atoms with Crippen molar-refractivity contribution in [2.24, 2.45) is 5.92 Å². The average Bonchev–Trinajstić information content (AvgIpc) is 2.94. The molecule has 2 rings (SSSR count). The van der Waals surface area contributed by atoms with Crippen molar-refractivity contribution in [1.82, 2.24) is 15.4 Å². The summed E-state index contributed by atoms with van der Waals surface area (Å²) in [5, 5.41) is 6.05. The molecule has 1 aliphatic heterocycles. The van der Waals surface area contributed by atoms with Gasteiger partial charge in [0, 0.05) is 24.2 Å². The molecule has 0 bridgehead atoms. The van der Waals surface area contributed by atoms with Gasteiger partial charge in [0.2, 0.25) is 15.9 Å². The third-order valence-electron chi connectivity index (χ3n) is 3.60. The van der Waals surface area contributed by atoms with Gasteiger partial charge in [-0.25, -0.2) is 13.1 Å². The predicted molar refractivity (Wildman–Crippen MR) is 76.4 cm³/mol. The molecule has 3 N–H and O–H groups in total. The maximum absolute atomic E-state index is 11.9. The minimum absolute atomic E-state index is 0.0232. The molecule has 0 aromatic heterocycles. The summed E-state index contributed by atoms with van der Waals surface area (Å²) in [6, 6.07) is -0.145. The van der Waals surface area contributed by atoms with E-state index in [0.29, 0.717) is 6.54 Å². The third-order valence-corrected chi connectivity index (χ3v) is 5.27. The number of carbonyl (C=O) groups is 1. The van der Waals surface area contributed by atoms with Crippen molar-refractivity contribution in [3.63, 3.8) is 0 Å². The van der Waals surface area contributed by atoms with E-state index in [0.717, 1.165) is 30.9 Å². The first-order chi connectivity index (χ1) is 8.96. The van der Waals surface area contributed by atoms with Crippen LogP contribution in [0.4, 0.5) is 0 Å². The van der Waals surface area contributed by atoms with E-state index < -0.39 is 10.0 Å². The Bertz CT molecular complexity index is 421. The molecule has 0 radical (unpaired) electrons. The van der Waals surface area contributed by atoms with E-state index in [1.165, 1.54) is 6.26 Å². The minimum Gasteiger partial charge on any atom is -0.354 e. The lowest BCUT2D eigenvalue weighted by molar-refractivity contribution is -0.122. The monoisotopic (exact) mass is 307 g/mol. The summed E-state index contributed by atoms with van der Waals surface area (Å²) in [6.45, 7) is 0.550. The van der Waals surface area contributed by atoms with Crippen LogP contribution in [0.25, 0.3) is 0 Å². The molecular formula is C11H21N3O3S2. The number of sulfonamides is 1. The van der Waals surface area contributed by atoms with Gasteiger partial charge in [0.25, 0.3) is 0 Å². The molecular weight excluding hydrogens is 286 g/mol. The molecule has 6 nitrogen and oxygen atoms in total. The number of hydrogen-bond acceptors (Lipinski definition) is 5.